The summed E-state index contributed by atoms with van der Waals surface area (Å²) in [7, 11) is 1.54. The number of fused-ring (bicyclic) bond motifs is 1. The summed E-state index contributed by atoms with van der Waals surface area (Å²) in [6.07, 6.45) is 0.290. The van der Waals surface area contributed by atoms with Crippen molar-refractivity contribution in [1.82, 2.24) is 0 Å². The molecular weight excluding hydrogens is 392 g/mol. The van der Waals surface area contributed by atoms with E-state index in [9.17, 15) is 14.4 Å². The number of carbonyl (C=O) groups excluding carboxylic acids is 2. The lowest BCUT2D eigenvalue weighted by atomic mass is 10.0. The zero-order valence-corrected chi connectivity index (χ0v) is 17.5. The summed E-state index contributed by atoms with van der Waals surface area (Å²) in [6, 6.07) is 5.28. The summed E-state index contributed by atoms with van der Waals surface area (Å²) >= 11 is 1.31. The van der Waals surface area contributed by atoms with Crippen LogP contribution in [0, 0.1) is 20.8 Å². The number of amides is 2. The third-order valence-corrected chi connectivity index (χ3v) is 6.10. The first kappa shape index (κ1) is 20.6. The van der Waals surface area contributed by atoms with Crippen LogP contribution in [0.1, 0.15) is 38.3 Å². The lowest BCUT2D eigenvalue weighted by Crippen LogP contribution is -2.19. The molecule has 0 saturated heterocycles. The number of thiophene rings is 1. The summed E-state index contributed by atoms with van der Waals surface area (Å²) in [6.45, 7) is 5.48. The van der Waals surface area contributed by atoms with Gasteiger partial charge in [0.1, 0.15) is 16.3 Å². The number of carbonyl (C=O) groups is 2. The number of primary amides is 1. The fraction of sp³-hybridized carbons (Fsp3) is 0.286. The van der Waals surface area contributed by atoms with Gasteiger partial charge in [-0.3, -0.25) is 9.59 Å². The van der Waals surface area contributed by atoms with E-state index in [0.717, 1.165) is 21.4 Å². The number of benzene rings is 1. The van der Waals surface area contributed by atoms with Crippen molar-refractivity contribution in [3.8, 4) is 5.75 Å². The molecule has 3 rings (SSSR count). The van der Waals surface area contributed by atoms with E-state index in [-0.39, 0.29) is 18.7 Å². The van der Waals surface area contributed by atoms with Gasteiger partial charge in [-0.15, -0.1) is 11.3 Å². The minimum absolute atomic E-state index is 0.0709. The predicted octanol–water partition coefficient (Wildman–Crippen LogP) is 3.46. The van der Waals surface area contributed by atoms with Gasteiger partial charge in [0.05, 0.1) is 12.7 Å². The van der Waals surface area contributed by atoms with Crippen LogP contribution in [0.15, 0.2) is 27.4 Å². The molecule has 1 aromatic carbocycles. The molecule has 29 heavy (non-hydrogen) atoms. The number of ether oxygens (including phenoxy) is 1. The first-order valence-electron chi connectivity index (χ1n) is 9.03. The fourth-order valence-electron chi connectivity index (χ4n) is 3.23. The molecule has 3 N–H and O–H groups in total. The van der Waals surface area contributed by atoms with Crippen molar-refractivity contribution in [3.05, 3.63) is 55.8 Å². The van der Waals surface area contributed by atoms with Gasteiger partial charge in [-0.1, -0.05) is 0 Å². The molecule has 0 radical (unpaired) electrons. The van der Waals surface area contributed by atoms with E-state index < -0.39 is 11.5 Å². The summed E-state index contributed by atoms with van der Waals surface area (Å²) in [5, 5.41) is 3.97. The number of hydrogen-bond acceptors (Lipinski definition) is 6. The van der Waals surface area contributed by atoms with Crippen molar-refractivity contribution in [2.45, 2.75) is 33.6 Å². The van der Waals surface area contributed by atoms with E-state index in [1.807, 2.05) is 19.9 Å². The van der Waals surface area contributed by atoms with Crippen LogP contribution in [0.2, 0.25) is 0 Å². The van der Waals surface area contributed by atoms with Crippen LogP contribution in [0.4, 0.5) is 5.00 Å². The quantitative estimate of drug-likeness (QED) is 0.600. The first-order chi connectivity index (χ1) is 13.7. The molecule has 0 fully saturated rings. The third kappa shape index (κ3) is 4.02. The van der Waals surface area contributed by atoms with Crippen molar-refractivity contribution in [2.24, 2.45) is 5.73 Å². The number of anilines is 1. The zero-order valence-electron chi connectivity index (χ0n) is 16.7. The van der Waals surface area contributed by atoms with E-state index in [1.54, 1.807) is 26.2 Å². The van der Waals surface area contributed by atoms with Gasteiger partial charge in [0, 0.05) is 28.3 Å². The molecule has 3 aromatic rings. The monoisotopic (exact) mass is 414 g/mol. The van der Waals surface area contributed by atoms with Gasteiger partial charge >= 0.3 is 5.63 Å². The molecule has 0 spiro atoms. The Bertz CT molecular complexity index is 1180. The molecule has 0 aliphatic rings. The molecule has 0 saturated carbocycles. The largest absolute Gasteiger partial charge is 0.497 e. The van der Waals surface area contributed by atoms with Crippen LogP contribution < -0.4 is 21.4 Å². The number of hydrogen-bond donors (Lipinski definition) is 2. The standard InChI is InChI=1S/C21H22N2O5S/c1-10-12(3)29-20(18(10)19(22)25)23-17(24)8-7-15-11(2)14-6-5-13(27-4)9-16(14)28-21(15)26/h5-6,9H,7-8H2,1-4H3,(H2,22,25)(H,23,24). The summed E-state index contributed by atoms with van der Waals surface area (Å²) in [5.41, 5.74) is 7.72. The van der Waals surface area contributed by atoms with E-state index in [0.29, 0.717) is 27.5 Å². The molecule has 0 unspecified atom stereocenters. The Morgan fingerprint density at radius 1 is 1.21 bits per heavy atom. The highest BCUT2D eigenvalue weighted by atomic mass is 32.1. The number of methoxy groups -OCH3 is 1. The second kappa shape index (κ2) is 8.08. The minimum Gasteiger partial charge on any atom is -0.497 e. The minimum atomic E-state index is -0.580. The summed E-state index contributed by atoms with van der Waals surface area (Å²) < 4.78 is 10.6. The van der Waals surface area contributed by atoms with E-state index in [2.05, 4.69) is 5.32 Å². The molecule has 7 nitrogen and oxygen atoms in total. The summed E-state index contributed by atoms with van der Waals surface area (Å²) in [4.78, 5) is 37.5. The normalized spacial score (nSPS) is 10.9. The average molecular weight is 414 g/mol. The third-order valence-electron chi connectivity index (χ3n) is 4.98. The molecule has 0 aliphatic carbocycles. The van der Waals surface area contributed by atoms with Gasteiger partial charge in [0.2, 0.25) is 5.91 Å². The second-order valence-electron chi connectivity index (χ2n) is 6.75. The first-order valence-corrected chi connectivity index (χ1v) is 9.84. The molecule has 2 amide bonds. The SMILES string of the molecule is COc1ccc2c(C)c(CCC(=O)Nc3sc(C)c(C)c3C(N)=O)c(=O)oc2c1. The Balaban J connectivity index is 1.81. The zero-order chi connectivity index (χ0) is 21.3. The predicted molar refractivity (Wildman–Crippen MR) is 113 cm³/mol. The Hall–Kier alpha value is -3.13. The van der Waals surface area contributed by atoms with Crippen molar-refractivity contribution in [1.29, 1.82) is 0 Å². The van der Waals surface area contributed by atoms with E-state index in [1.165, 1.54) is 11.3 Å². The van der Waals surface area contributed by atoms with Gasteiger partial charge in [-0.25, -0.2) is 4.79 Å². The molecule has 2 aromatic heterocycles. The lowest BCUT2D eigenvalue weighted by Gasteiger charge is -2.09. The highest BCUT2D eigenvalue weighted by Crippen LogP contribution is 2.32. The Kier molecular flexibility index (Phi) is 5.74. The fourth-order valence-corrected chi connectivity index (χ4v) is 4.31. The van der Waals surface area contributed by atoms with E-state index >= 15 is 0 Å². The Morgan fingerprint density at radius 3 is 2.59 bits per heavy atom. The van der Waals surface area contributed by atoms with Crippen LogP contribution in [0.3, 0.4) is 0 Å². The van der Waals surface area contributed by atoms with Crippen molar-refractivity contribution in [2.75, 3.05) is 12.4 Å². The van der Waals surface area contributed by atoms with E-state index in [4.69, 9.17) is 14.9 Å². The number of nitrogens with two attached hydrogens (primary N) is 1. The lowest BCUT2D eigenvalue weighted by molar-refractivity contribution is -0.116. The van der Waals surface area contributed by atoms with Gasteiger partial charge in [-0.2, -0.15) is 0 Å². The Morgan fingerprint density at radius 2 is 1.93 bits per heavy atom. The van der Waals surface area contributed by atoms with Crippen molar-refractivity contribution in [3.63, 3.8) is 0 Å². The maximum absolute atomic E-state index is 12.4. The number of aryl methyl sites for hydroxylation is 2. The summed E-state index contributed by atoms with van der Waals surface area (Å²) in [5.74, 6) is -0.287. The molecule has 0 aliphatic heterocycles. The number of nitrogens with one attached hydrogen (secondary N) is 1. The maximum Gasteiger partial charge on any atom is 0.339 e. The van der Waals surface area contributed by atoms with Gasteiger partial charge in [-0.05, 0) is 50.5 Å². The topological polar surface area (TPSA) is 112 Å². The average Bonchev–Trinajstić information content (AvgIpc) is 2.94. The molecule has 0 atom stereocenters. The van der Waals surface area contributed by atoms with Gasteiger partial charge in [0.25, 0.3) is 5.91 Å². The van der Waals surface area contributed by atoms with Crippen LogP contribution in [0.25, 0.3) is 11.0 Å². The molecule has 8 heteroatoms. The molecule has 152 valence electrons. The molecule has 2 heterocycles. The van der Waals surface area contributed by atoms with Gasteiger partial charge in [0.15, 0.2) is 0 Å². The van der Waals surface area contributed by atoms with Crippen LogP contribution in [-0.4, -0.2) is 18.9 Å². The maximum atomic E-state index is 12.4. The highest BCUT2D eigenvalue weighted by Gasteiger charge is 2.19. The van der Waals surface area contributed by atoms with Crippen LogP contribution in [-0.2, 0) is 11.2 Å². The van der Waals surface area contributed by atoms with Crippen LogP contribution >= 0.6 is 11.3 Å². The van der Waals surface area contributed by atoms with Gasteiger partial charge < -0.3 is 20.2 Å². The molecular formula is C21H22N2O5S. The molecule has 0 bridgehead atoms. The highest BCUT2D eigenvalue weighted by molar-refractivity contribution is 7.16. The second-order valence-corrected chi connectivity index (χ2v) is 7.98. The van der Waals surface area contributed by atoms with Crippen LogP contribution in [0.5, 0.6) is 5.75 Å². The smallest absolute Gasteiger partial charge is 0.339 e. The van der Waals surface area contributed by atoms with Crippen molar-refractivity contribution < 1.29 is 18.7 Å². The Labute approximate surface area is 171 Å². The number of rotatable bonds is 6. The van der Waals surface area contributed by atoms with Crippen molar-refractivity contribution >= 4 is 39.1 Å².